The maximum atomic E-state index is 9.89. The molecule has 0 aromatic heterocycles. The van der Waals surface area contributed by atoms with E-state index in [-0.39, 0.29) is 0 Å². The molecule has 1 aliphatic rings. The summed E-state index contributed by atoms with van der Waals surface area (Å²) < 4.78 is 0. The highest BCUT2D eigenvalue weighted by Crippen LogP contribution is 2.27. The predicted octanol–water partition coefficient (Wildman–Crippen LogP) is 3.31. The highest BCUT2D eigenvalue weighted by Gasteiger charge is 2.12. The van der Waals surface area contributed by atoms with Gasteiger partial charge < -0.3 is 5.11 Å². The average Bonchev–Trinajstić information content (AvgIpc) is 2.29. The zero-order chi connectivity index (χ0) is 9.26. The normalized spacial score (nSPS) is 16.7. The lowest BCUT2D eigenvalue weighted by molar-refractivity contribution is 0.504. The van der Waals surface area contributed by atoms with Crippen LogP contribution >= 0.6 is 0 Å². The molecular formula is C12H14O. The summed E-state index contributed by atoms with van der Waals surface area (Å²) in [4.78, 5) is 0. The van der Waals surface area contributed by atoms with E-state index in [4.69, 9.17) is 0 Å². The Morgan fingerprint density at radius 2 is 1.92 bits per heavy atom. The van der Waals surface area contributed by atoms with Gasteiger partial charge in [-0.25, -0.2) is 0 Å². The van der Waals surface area contributed by atoms with Crippen molar-refractivity contribution in [2.75, 3.05) is 0 Å². The van der Waals surface area contributed by atoms with Gasteiger partial charge in [0, 0.05) is 5.56 Å². The third-order valence-corrected chi connectivity index (χ3v) is 2.67. The number of hydrogen-bond donors (Lipinski definition) is 1. The Bertz CT molecular complexity index is 350. The van der Waals surface area contributed by atoms with Crippen LogP contribution in [-0.4, -0.2) is 5.11 Å². The van der Waals surface area contributed by atoms with Gasteiger partial charge in [-0.1, -0.05) is 24.3 Å². The Morgan fingerprint density at radius 1 is 1.15 bits per heavy atom. The summed E-state index contributed by atoms with van der Waals surface area (Å²) in [7, 11) is 0. The molecule has 0 spiro atoms. The number of benzene rings is 1. The number of aliphatic hydroxyl groups excluding tert-OH is 1. The lowest BCUT2D eigenvalue weighted by atomic mass is 10.0. The molecule has 0 radical (unpaired) electrons. The van der Waals surface area contributed by atoms with E-state index in [0.29, 0.717) is 5.76 Å². The third kappa shape index (κ3) is 1.46. The van der Waals surface area contributed by atoms with Gasteiger partial charge in [-0.05, 0) is 37.3 Å². The van der Waals surface area contributed by atoms with Crippen LogP contribution in [0.15, 0.2) is 29.8 Å². The van der Waals surface area contributed by atoms with Gasteiger partial charge in [0.2, 0.25) is 0 Å². The van der Waals surface area contributed by atoms with Gasteiger partial charge in [-0.15, -0.1) is 0 Å². The van der Waals surface area contributed by atoms with Crippen LogP contribution in [0.3, 0.4) is 0 Å². The van der Waals surface area contributed by atoms with Gasteiger partial charge in [0.15, 0.2) is 0 Å². The molecule has 1 aromatic carbocycles. The van der Waals surface area contributed by atoms with Crippen LogP contribution in [0.2, 0.25) is 0 Å². The standard InChI is InChI=1S/C12H14O/c1-9-5-4-7-10-6-2-3-8-11(10)12(9)13/h2-3,6,8,13H,4-5,7H2,1H3. The van der Waals surface area contributed by atoms with Crippen LogP contribution in [0.25, 0.3) is 5.76 Å². The second kappa shape index (κ2) is 3.25. The van der Waals surface area contributed by atoms with Gasteiger partial charge in [0.25, 0.3) is 0 Å². The molecule has 0 atom stereocenters. The molecule has 0 bridgehead atoms. The van der Waals surface area contributed by atoms with Crippen molar-refractivity contribution >= 4 is 5.76 Å². The summed E-state index contributed by atoms with van der Waals surface area (Å²) >= 11 is 0. The Hall–Kier alpha value is -1.24. The van der Waals surface area contributed by atoms with Gasteiger partial charge in [0.05, 0.1) is 0 Å². The van der Waals surface area contributed by atoms with Crippen molar-refractivity contribution in [2.45, 2.75) is 26.2 Å². The smallest absolute Gasteiger partial charge is 0.121 e. The van der Waals surface area contributed by atoms with E-state index in [9.17, 15) is 5.11 Å². The third-order valence-electron chi connectivity index (χ3n) is 2.67. The number of aliphatic hydroxyl groups is 1. The average molecular weight is 174 g/mol. The summed E-state index contributed by atoms with van der Waals surface area (Å²) in [5.41, 5.74) is 3.42. The molecule has 1 nitrogen and oxygen atoms in total. The Morgan fingerprint density at radius 3 is 2.77 bits per heavy atom. The lowest BCUT2D eigenvalue weighted by Crippen LogP contribution is -1.90. The Kier molecular flexibility index (Phi) is 2.09. The van der Waals surface area contributed by atoms with Crippen molar-refractivity contribution in [2.24, 2.45) is 0 Å². The fourth-order valence-electron chi connectivity index (χ4n) is 1.86. The molecule has 13 heavy (non-hydrogen) atoms. The summed E-state index contributed by atoms with van der Waals surface area (Å²) in [5, 5.41) is 9.89. The quantitative estimate of drug-likeness (QED) is 0.639. The molecule has 0 unspecified atom stereocenters. The molecule has 1 aromatic rings. The molecule has 1 heteroatoms. The van der Waals surface area contributed by atoms with Crippen LogP contribution in [0.1, 0.15) is 30.9 Å². The first-order valence-corrected chi connectivity index (χ1v) is 4.76. The summed E-state index contributed by atoms with van der Waals surface area (Å²) in [5.74, 6) is 0.494. The van der Waals surface area contributed by atoms with Crippen molar-refractivity contribution in [1.82, 2.24) is 0 Å². The molecular weight excluding hydrogens is 160 g/mol. The van der Waals surface area contributed by atoms with Crippen LogP contribution in [0.4, 0.5) is 0 Å². The first-order chi connectivity index (χ1) is 6.29. The molecule has 0 fully saturated rings. The van der Waals surface area contributed by atoms with Gasteiger partial charge in [0.1, 0.15) is 5.76 Å². The van der Waals surface area contributed by atoms with Gasteiger partial charge >= 0.3 is 0 Å². The van der Waals surface area contributed by atoms with E-state index < -0.39 is 0 Å². The first kappa shape index (κ1) is 8.36. The van der Waals surface area contributed by atoms with Crippen LogP contribution < -0.4 is 0 Å². The number of allylic oxidation sites excluding steroid dienone is 1. The largest absolute Gasteiger partial charge is 0.507 e. The monoisotopic (exact) mass is 174 g/mol. The zero-order valence-electron chi connectivity index (χ0n) is 7.88. The van der Waals surface area contributed by atoms with E-state index in [1.54, 1.807) is 0 Å². The van der Waals surface area contributed by atoms with Gasteiger partial charge in [-0.3, -0.25) is 0 Å². The SMILES string of the molecule is CC1=C(O)c2ccccc2CCC1. The maximum Gasteiger partial charge on any atom is 0.121 e. The molecule has 1 aliphatic carbocycles. The minimum absolute atomic E-state index is 0.494. The topological polar surface area (TPSA) is 20.2 Å². The second-order valence-electron chi connectivity index (χ2n) is 3.64. The number of hydrogen-bond acceptors (Lipinski definition) is 1. The summed E-state index contributed by atoms with van der Waals surface area (Å²) in [6.07, 6.45) is 3.24. The Labute approximate surface area is 78.7 Å². The fourth-order valence-corrected chi connectivity index (χ4v) is 1.86. The molecule has 0 saturated heterocycles. The van der Waals surface area contributed by atoms with Crippen LogP contribution in [0.5, 0.6) is 0 Å². The maximum absolute atomic E-state index is 9.89. The number of aryl methyl sites for hydroxylation is 1. The van der Waals surface area contributed by atoms with E-state index in [0.717, 1.165) is 30.4 Å². The summed E-state index contributed by atoms with van der Waals surface area (Å²) in [6.45, 7) is 2.01. The van der Waals surface area contributed by atoms with E-state index in [2.05, 4.69) is 6.07 Å². The van der Waals surface area contributed by atoms with E-state index >= 15 is 0 Å². The van der Waals surface area contributed by atoms with Crippen LogP contribution in [-0.2, 0) is 6.42 Å². The minimum atomic E-state index is 0.494. The highest BCUT2D eigenvalue weighted by atomic mass is 16.3. The number of rotatable bonds is 0. The zero-order valence-corrected chi connectivity index (χ0v) is 7.88. The summed E-state index contributed by atoms with van der Waals surface area (Å²) in [6, 6.07) is 8.12. The van der Waals surface area contributed by atoms with Crippen molar-refractivity contribution in [3.63, 3.8) is 0 Å². The molecule has 0 aliphatic heterocycles. The molecule has 0 saturated carbocycles. The van der Waals surface area contributed by atoms with Crippen molar-refractivity contribution in [1.29, 1.82) is 0 Å². The van der Waals surface area contributed by atoms with Crippen molar-refractivity contribution in [3.05, 3.63) is 41.0 Å². The highest BCUT2D eigenvalue weighted by molar-refractivity contribution is 5.65. The van der Waals surface area contributed by atoms with Gasteiger partial charge in [-0.2, -0.15) is 0 Å². The molecule has 0 heterocycles. The minimum Gasteiger partial charge on any atom is -0.507 e. The molecule has 0 amide bonds. The molecule has 2 rings (SSSR count). The van der Waals surface area contributed by atoms with Crippen molar-refractivity contribution < 1.29 is 5.11 Å². The lowest BCUT2D eigenvalue weighted by Gasteiger charge is -2.05. The fraction of sp³-hybridized carbons (Fsp3) is 0.333. The van der Waals surface area contributed by atoms with Crippen molar-refractivity contribution in [3.8, 4) is 0 Å². The molecule has 1 N–H and O–H groups in total. The number of fused-ring (bicyclic) bond motifs is 1. The first-order valence-electron chi connectivity index (χ1n) is 4.76. The Balaban J connectivity index is 2.56. The predicted molar refractivity (Wildman–Crippen MR) is 54.6 cm³/mol. The van der Waals surface area contributed by atoms with E-state index in [1.165, 1.54) is 5.56 Å². The van der Waals surface area contributed by atoms with E-state index in [1.807, 2.05) is 25.1 Å². The van der Waals surface area contributed by atoms with Crippen LogP contribution in [0, 0.1) is 0 Å². The second-order valence-corrected chi connectivity index (χ2v) is 3.64. The molecule has 68 valence electrons.